The van der Waals surface area contributed by atoms with Crippen molar-refractivity contribution in [1.82, 2.24) is 0 Å². The van der Waals surface area contributed by atoms with Crippen LogP contribution in [0.2, 0.25) is 5.02 Å². The smallest absolute Gasteiger partial charge is 0.404 e. The van der Waals surface area contributed by atoms with Crippen LogP contribution in [0.3, 0.4) is 0 Å². The maximum absolute atomic E-state index is 15.3. The van der Waals surface area contributed by atoms with Crippen molar-refractivity contribution in [2.24, 2.45) is 0 Å². The summed E-state index contributed by atoms with van der Waals surface area (Å²) in [6.45, 7) is 0. The van der Waals surface area contributed by atoms with E-state index in [0.29, 0.717) is 16.4 Å². The van der Waals surface area contributed by atoms with E-state index in [2.05, 4.69) is 33.2 Å². The molecule has 0 aromatic heterocycles. The van der Waals surface area contributed by atoms with Crippen molar-refractivity contribution in [3.63, 3.8) is 0 Å². The Morgan fingerprint density at radius 1 is 1.07 bits per heavy atom. The van der Waals surface area contributed by atoms with Crippen molar-refractivity contribution in [3.05, 3.63) is 84.7 Å². The Bertz CT molecular complexity index is 1070. The number of hydrogen-bond acceptors (Lipinski definition) is 5. The Kier molecular flexibility index (Phi) is 8.12. The number of nitro benzene ring substituents is 1. The number of rotatable bonds is 6. The quantitative estimate of drug-likeness (QED) is 0.145. The van der Waals surface area contributed by atoms with E-state index in [0.717, 1.165) is 9.64 Å². The van der Waals surface area contributed by atoms with Gasteiger partial charge in [0.2, 0.25) is 5.69 Å². The van der Waals surface area contributed by atoms with Crippen molar-refractivity contribution in [2.75, 3.05) is 10.6 Å². The van der Waals surface area contributed by atoms with Crippen LogP contribution in [0.5, 0.6) is 0 Å². The molecule has 0 fully saturated rings. The third kappa shape index (κ3) is 5.32. The summed E-state index contributed by atoms with van der Waals surface area (Å²) in [4.78, 5) is 22.0. The van der Waals surface area contributed by atoms with Gasteiger partial charge in [-0.25, -0.2) is 4.39 Å². The number of para-hydroxylation sites is 1. The molecule has 0 saturated carbocycles. The molecule has 0 saturated heterocycles. The number of hydrogen-bond donors (Lipinski definition) is 2. The second kappa shape index (κ2) is 10.1. The molecule has 0 bridgehead atoms. The zero-order chi connectivity index (χ0) is 20.3. The minimum absolute atomic E-state index is 0. The summed E-state index contributed by atoms with van der Waals surface area (Å²) in [5.41, 5.74) is -0.750. The maximum atomic E-state index is 15.3. The summed E-state index contributed by atoms with van der Waals surface area (Å²) in [6, 6.07) is 14.4. The molecule has 3 aromatic carbocycles. The summed E-state index contributed by atoms with van der Waals surface area (Å²) in [7, 11) is 0. The molecule has 146 valence electrons. The van der Waals surface area contributed by atoms with E-state index in [1.165, 1.54) is 0 Å². The van der Waals surface area contributed by atoms with Crippen molar-refractivity contribution in [1.29, 1.82) is 0 Å². The molecule has 0 spiro atoms. The molecular weight excluding hydrogens is 683 g/mol. The third-order valence-electron chi connectivity index (χ3n) is 3.79. The van der Waals surface area contributed by atoms with Gasteiger partial charge in [-0.1, -0.05) is 35.9 Å². The van der Waals surface area contributed by atoms with Gasteiger partial charge in [-0.15, -0.1) is 5.56 Å². The normalized spacial score (nSPS) is 10.0. The number of anilines is 4. The Morgan fingerprint density at radius 2 is 1.76 bits per heavy atom. The summed E-state index contributed by atoms with van der Waals surface area (Å²) in [6.07, 6.45) is 1.54. The summed E-state index contributed by atoms with van der Waals surface area (Å²) >= 11 is 8.24. The van der Waals surface area contributed by atoms with Crippen molar-refractivity contribution < 1.29 is 35.2 Å². The fraction of sp³-hybridized carbons (Fsp3) is 0. The van der Waals surface area contributed by atoms with Gasteiger partial charge in [-0.3, -0.25) is 10.1 Å². The van der Waals surface area contributed by atoms with E-state index in [-0.39, 0.29) is 38.0 Å². The number of carbonyl (C=O) groups excluding carboxylic acids is 1. The van der Waals surface area contributed by atoms with Crippen LogP contribution in [0.1, 0.15) is 5.56 Å². The fourth-order valence-electron chi connectivity index (χ4n) is 2.49. The third-order valence-corrected chi connectivity index (χ3v) is 4.77. The first kappa shape index (κ1) is 23.2. The van der Waals surface area contributed by atoms with E-state index >= 15 is 4.39 Å². The van der Waals surface area contributed by atoms with Crippen LogP contribution in [0.15, 0.2) is 54.6 Å². The monoisotopic (exact) mass is 694 g/mol. The van der Waals surface area contributed by atoms with Crippen LogP contribution in [-0.2, 0) is 25.9 Å². The Morgan fingerprint density at radius 3 is 2.34 bits per heavy atom. The minimum atomic E-state index is -0.994. The molecule has 29 heavy (non-hydrogen) atoms. The second-order valence-corrected chi connectivity index (χ2v) is 7.26. The SMILES string of the molecule is O=[C-]c1cc([N+](=O)[O-])c(Nc2ccccc2)c(F)c1Nc1ccc(I)cc1Cl.[W+2]. The summed E-state index contributed by atoms with van der Waals surface area (Å²) < 4.78 is 16.1. The molecule has 0 aliphatic heterocycles. The van der Waals surface area contributed by atoms with Gasteiger partial charge in [0.1, 0.15) is 11.5 Å². The van der Waals surface area contributed by atoms with Gasteiger partial charge in [-0.2, -0.15) is 0 Å². The molecule has 0 aliphatic rings. The van der Waals surface area contributed by atoms with Gasteiger partial charge in [0.15, 0.2) is 0 Å². The molecule has 3 rings (SSSR count). The van der Waals surface area contributed by atoms with Gasteiger partial charge < -0.3 is 15.4 Å². The zero-order valence-electron chi connectivity index (χ0n) is 14.4. The summed E-state index contributed by atoms with van der Waals surface area (Å²) in [5, 5.41) is 17.2. The van der Waals surface area contributed by atoms with Crippen LogP contribution >= 0.6 is 34.2 Å². The van der Waals surface area contributed by atoms with Gasteiger partial charge in [0.25, 0.3) is 0 Å². The van der Waals surface area contributed by atoms with Gasteiger partial charge in [-0.05, 0) is 58.6 Å². The van der Waals surface area contributed by atoms with E-state index in [4.69, 9.17) is 11.6 Å². The molecule has 0 heterocycles. The van der Waals surface area contributed by atoms with E-state index in [1.807, 2.05) is 0 Å². The second-order valence-electron chi connectivity index (χ2n) is 5.61. The molecule has 0 unspecified atom stereocenters. The number of nitrogens with one attached hydrogen (secondary N) is 2. The fourth-order valence-corrected chi connectivity index (χ4v) is 3.40. The largest absolute Gasteiger partial charge is 2.00 e. The topological polar surface area (TPSA) is 84.3 Å². The van der Waals surface area contributed by atoms with Crippen LogP contribution in [0.4, 0.5) is 32.8 Å². The minimum Gasteiger partial charge on any atom is -0.404 e. The predicted octanol–water partition coefficient (Wildman–Crippen LogP) is 5.93. The Balaban J connectivity index is 0.00000300. The molecule has 0 amide bonds. The van der Waals surface area contributed by atoms with E-state index in [9.17, 15) is 14.9 Å². The average molecular weight is 695 g/mol. The molecule has 10 heteroatoms. The molecule has 0 atom stereocenters. The van der Waals surface area contributed by atoms with Crippen molar-refractivity contribution >= 4 is 68.9 Å². The number of nitrogens with zero attached hydrogens (tertiary/aromatic N) is 1. The van der Waals surface area contributed by atoms with Gasteiger partial charge >= 0.3 is 21.1 Å². The first-order valence-electron chi connectivity index (χ1n) is 7.84. The van der Waals surface area contributed by atoms with Crippen LogP contribution in [-0.4, -0.2) is 11.2 Å². The number of nitro groups is 1. The van der Waals surface area contributed by atoms with Crippen LogP contribution in [0.25, 0.3) is 0 Å². The van der Waals surface area contributed by atoms with Crippen LogP contribution < -0.4 is 10.6 Å². The molecule has 3 aromatic rings. The molecule has 6 nitrogen and oxygen atoms in total. The van der Waals surface area contributed by atoms with Gasteiger partial charge in [0.05, 0.1) is 16.2 Å². The predicted molar refractivity (Wildman–Crippen MR) is 115 cm³/mol. The summed E-state index contributed by atoms with van der Waals surface area (Å²) in [5.74, 6) is -0.994. The van der Waals surface area contributed by atoms with E-state index in [1.54, 1.807) is 54.8 Å². The first-order chi connectivity index (χ1) is 13.4. The molecule has 0 radical (unpaired) electrons. The number of benzene rings is 3. The first-order valence-corrected chi connectivity index (χ1v) is 9.29. The zero-order valence-corrected chi connectivity index (χ0v) is 20.3. The Labute approximate surface area is 198 Å². The Hall–Kier alpha value is -2.03. The molecule has 2 N–H and O–H groups in total. The van der Waals surface area contributed by atoms with E-state index < -0.39 is 16.4 Å². The van der Waals surface area contributed by atoms with Crippen LogP contribution in [0, 0.1) is 19.5 Å². The van der Waals surface area contributed by atoms with Crippen molar-refractivity contribution in [2.45, 2.75) is 0 Å². The standard InChI is InChI=1S/C19H11ClFIN3O3.W/c20-14-9-12(22)6-7-15(14)24-18-11(10-26)8-16(25(27)28)19(17(18)21)23-13-4-2-1-3-5-13;/h1-9,23-24H;/q-1;+2. The average Bonchev–Trinajstić information content (AvgIpc) is 2.67. The molecular formula is C19H11ClFIN3O3W+. The van der Waals surface area contributed by atoms with Crippen molar-refractivity contribution in [3.8, 4) is 0 Å². The van der Waals surface area contributed by atoms with Gasteiger partial charge in [0, 0.05) is 14.9 Å². The molecule has 0 aliphatic carbocycles. The maximum Gasteiger partial charge on any atom is 2.00 e. The number of halogens is 3.